The van der Waals surface area contributed by atoms with Crippen LogP contribution in [0, 0.1) is 0 Å². The predicted octanol–water partition coefficient (Wildman–Crippen LogP) is 4.51. The van der Waals surface area contributed by atoms with Crippen LogP contribution < -0.4 is 14.2 Å². The molecule has 162 valence electrons. The lowest BCUT2D eigenvalue weighted by Crippen LogP contribution is -2.30. The number of carbonyl (C=O) groups excluding carboxylic acids is 1. The maximum atomic E-state index is 13.1. The van der Waals surface area contributed by atoms with Crippen molar-refractivity contribution in [1.29, 1.82) is 0 Å². The topological polar surface area (TPSA) is 87.2 Å². The monoisotopic (exact) mass is 432 g/mol. The largest absolute Gasteiger partial charge is 0.497 e. The number of furan rings is 1. The van der Waals surface area contributed by atoms with Gasteiger partial charge in [0.05, 0.1) is 19.9 Å². The molecule has 0 unspecified atom stereocenters. The zero-order valence-electron chi connectivity index (χ0n) is 17.3. The van der Waals surface area contributed by atoms with Gasteiger partial charge in [-0.15, -0.1) is 0 Å². The van der Waals surface area contributed by atoms with Gasteiger partial charge in [0.25, 0.3) is 5.91 Å². The van der Waals surface area contributed by atoms with Crippen LogP contribution in [0.5, 0.6) is 17.2 Å². The van der Waals surface area contributed by atoms with Crippen molar-refractivity contribution in [3.8, 4) is 28.6 Å². The number of fused-ring (bicyclic) bond motifs is 1. The Morgan fingerprint density at radius 1 is 1.03 bits per heavy atom. The van der Waals surface area contributed by atoms with Gasteiger partial charge in [0.15, 0.2) is 23.0 Å². The highest BCUT2D eigenvalue weighted by molar-refractivity contribution is 5.91. The van der Waals surface area contributed by atoms with Gasteiger partial charge in [-0.1, -0.05) is 23.4 Å². The quantitative estimate of drug-likeness (QED) is 0.424. The molecule has 1 amide bonds. The number of carbonyl (C=O) groups is 1. The predicted molar refractivity (Wildman–Crippen MR) is 113 cm³/mol. The molecule has 0 spiro atoms. The molecule has 0 atom stereocenters. The van der Waals surface area contributed by atoms with Crippen molar-refractivity contribution in [2.24, 2.45) is 0 Å². The van der Waals surface area contributed by atoms with Crippen LogP contribution in [0.4, 0.5) is 0 Å². The third-order valence-electron chi connectivity index (χ3n) is 5.10. The third-order valence-corrected chi connectivity index (χ3v) is 5.10. The van der Waals surface area contributed by atoms with E-state index in [1.165, 1.54) is 6.26 Å². The second-order valence-electron chi connectivity index (χ2n) is 7.24. The molecule has 8 nitrogen and oxygen atoms in total. The molecule has 2 aromatic heterocycles. The maximum absolute atomic E-state index is 13.1. The fourth-order valence-corrected chi connectivity index (χ4v) is 3.51. The Morgan fingerprint density at radius 3 is 2.78 bits per heavy atom. The summed E-state index contributed by atoms with van der Waals surface area (Å²) in [7, 11) is 1.61. The van der Waals surface area contributed by atoms with E-state index in [1.54, 1.807) is 24.1 Å². The Morgan fingerprint density at radius 2 is 1.94 bits per heavy atom. The van der Waals surface area contributed by atoms with Crippen molar-refractivity contribution in [3.05, 3.63) is 83.9 Å². The fraction of sp³-hybridized carbons (Fsp3) is 0.167. The number of ether oxygens (including phenoxy) is 3. The number of rotatable bonds is 7. The minimum atomic E-state index is -0.251. The first kappa shape index (κ1) is 19.7. The number of aromatic nitrogens is 1. The Bertz CT molecular complexity index is 1230. The zero-order valence-corrected chi connectivity index (χ0v) is 17.3. The molecule has 8 heteroatoms. The molecule has 4 aromatic rings. The van der Waals surface area contributed by atoms with Crippen LogP contribution in [0.1, 0.15) is 21.8 Å². The van der Waals surface area contributed by atoms with Gasteiger partial charge in [0.1, 0.15) is 11.4 Å². The van der Waals surface area contributed by atoms with Crippen LogP contribution in [-0.2, 0) is 13.1 Å². The van der Waals surface area contributed by atoms with Crippen molar-refractivity contribution in [2.45, 2.75) is 13.1 Å². The van der Waals surface area contributed by atoms with E-state index in [1.807, 2.05) is 48.5 Å². The summed E-state index contributed by atoms with van der Waals surface area (Å²) in [6.45, 7) is 0.763. The van der Waals surface area contributed by atoms with Gasteiger partial charge in [0, 0.05) is 18.2 Å². The third kappa shape index (κ3) is 4.02. The average Bonchev–Trinajstić information content (AvgIpc) is 3.60. The summed E-state index contributed by atoms with van der Waals surface area (Å²) in [5.41, 5.74) is 2.34. The minimum absolute atomic E-state index is 0.194. The molecule has 2 aromatic carbocycles. The van der Waals surface area contributed by atoms with E-state index in [9.17, 15) is 4.79 Å². The van der Waals surface area contributed by atoms with Crippen LogP contribution in [0.2, 0.25) is 0 Å². The SMILES string of the molecule is COc1cccc(-c2cc(CN(Cc3ccc4c(c3)OCO4)C(=O)c3ccco3)no2)c1. The summed E-state index contributed by atoms with van der Waals surface area (Å²) in [6.07, 6.45) is 1.48. The highest BCUT2D eigenvalue weighted by atomic mass is 16.7. The van der Waals surface area contributed by atoms with Gasteiger partial charge in [-0.2, -0.15) is 0 Å². The van der Waals surface area contributed by atoms with Crippen molar-refractivity contribution in [2.75, 3.05) is 13.9 Å². The molecule has 5 rings (SSSR count). The van der Waals surface area contributed by atoms with E-state index in [4.69, 9.17) is 23.2 Å². The first-order valence-corrected chi connectivity index (χ1v) is 10.0. The van der Waals surface area contributed by atoms with Crippen LogP contribution in [-0.4, -0.2) is 29.9 Å². The molecule has 32 heavy (non-hydrogen) atoms. The standard InChI is InChI=1S/C24H20N2O6/c1-28-19-5-2-4-17(11-19)22-12-18(25-32-22)14-26(24(27)21-6-3-9-29-21)13-16-7-8-20-23(10-16)31-15-30-20/h2-12H,13-15H2,1H3. The molecule has 3 heterocycles. The molecule has 0 bridgehead atoms. The molecular weight excluding hydrogens is 412 g/mol. The molecule has 1 aliphatic heterocycles. The van der Waals surface area contributed by atoms with Crippen LogP contribution in [0.15, 0.2) is 75.9 Å². The zero-order chi connectivity index (χ0) is 21.9. The van der Waals surface area contributed by atoms with E-state index < -0.39 is 0 Å². The minimum Gasteiger partial charge on any atom is -0.497 e. The van der Waals surface area contributed by atoms with Crippen LogP contribution >= 0.6 is 0 Å². The number of hydrogen-bond donors (Lipinski definition) is 0. The number of methoxy groups -OCH3 is 1. The molecule has 1 aliphatic rings. The van der Waals surface area contributed by atoms with Crippen LogP contribution in [0.25, 0.3) is 11.3 Å². The molecule has 0 aliphatic carbocycles. The summed E-state index contributed by atoms with van der Waals surface area (Å²) in [5.74, 6) is 2.66. The summed E-state index contributed by atoms with van der Waals surface area (Å²) < 4.78 is 27.0. The lowest BCUT2D eigenvalue weighted by atomic mass is 10.1. The Balaban J connectivity index is 1.40. The van der Waals surface area contributed by atoms with E-state index in [0.717, 1.165) is 16.9 Å². The summed E-state index contributed by atoms with van der Waals surface area (Å²) in [4.78, 5) is 14.8. The van der Waals surface area contributed by atoms with Crippen molar-refractivity contribution >= 4 is 5.91 Å². The van der Waals surface area contributed by atoms with Gasteiger partial charge in [0.2, 0.25) is 6.79 Å². The van der Waals surface area contributed by atoms with Crippen molar-refractivity contribution in [1.82, 2.24) is 10.1 Å². The maximum Gasteiger partial charge on any atom is 0.290 e. The fourth-order valence-electron chi connectivity index (χ4n) is 3.51. The molecule has 0 saturated carbocycles. The lowest BCUT2D eigenvalue weighted by Gasteiger charge is -2.20. The van der Waals surface area contributed by atoms with Crippen molar-refractivity contribution in [3.63, 3.8) is 0 Å². The molecule has 0 saturated heterocycles. The van der Waals surface area contributed by atoms with E-state index in [2.05, 4.69) is 5.16 Å². The van der Waals surface area contributed by atoms with Gasteiger partial charge < -0.3 is 28.1 Å². The number of benzene rings is 2. The Labute approximate surface area is 183 Å². The number of amides is 1. The lowest BCUT2D eigenvalue weighted by molar-refractivity contribution is 0.0693. The number of nitrogens with zero attached hydrogens (tertiary/aromatic N) is 2. The highest BCUT2D eigenvalue weighted by Gasteiger charge is 2.22. The van der Waals surface area contributed by atoms with E-state index in [0.29, 0.717) is 29.5 Å². The van der Waals surface area contributed by atoms with Crippen molar-refractivity contribution < 1.29 is 27.9 Å². The smallest absolute Gasteiger partial charge is 0.290 e. The highest BCUT2D eigenvalue weighted by Crippen LogP contribution is 2.33. The van der Waals surface area contributed by atoms with Crippen LogP contribution in [0.3, 0.4) is 0 Å². The second-order valence-corrected chi connectivity index (χ2v) is 7.24. The molecular formula is C24H20N2O6. The molecule has 0 fully saturated rings. The summed E-state index contributed by atoms with van der Waals surface area (Å²) >= 11 is 0. The molecule has 0 radical (unpaired) electrons. The summed E-state index contributed by atoms with van der Waals surface area (Å²) in [6, 6.07) is 18.3. The average molecular weight is 432 g/mol. The van der Waals surface area contributed by atoms with Gasteiger partial charge in [-0.3, -0.25) is 4.79 Å². The first-order chi connectivity index (χ1) is 15.7. The second kappa shape index (κ2) is 8.50. The van der Waals surface area contributed by atoms with E-state index >= 15 is 0 Å². The first-order valence-electron chi connectivity index (χ1n) is 10.0. The Hall–Kier alpha value is -4.20. The van der Waals surface area contributed by atoms with Gasteiger partial charge in [-0.05, 0) is 42.0 Å². The Kier molecular flexibility index (Phi) is 5.25. The van der Waals surface area contributed by atoms with E-state index in [-0.39, 0.29) is 25.0 Å². The number of hydrogen-bond acceptors (Lipinski definition) is 7. The van der Waals surface area contributed by atoms with Gasteiger partial charge >= 0.3 is 0 Å². The van der Waals surface area contributed by atoms with Gasteiger partial charge in [-0.25, -0.2) is 0 Å². The molecule has 0 N–H and O–H groups in total. The summed E-state index contributed by atoms with van der Waals surface area (Å²) in [5, 5.41) is 4.17. The normalized spacial score (nSPS) is 12.0.